The summed E-state index contributed by atoms with van der Waals surface area (Å²) in [6.45, 7) is 1.18. The second-order valence-electron chi connectivity index (χ2n) is 4.82. The zero-order valence-electron chi connectivity index (χ0n) is 8.87. The summed E-state index contributed by atoms with van der Waals surface area (Å²) in [4.78, 5) is 0. The van der Waals surface area contributed by atoms with Crippen molar-refractivity contribution in [1.82, 2.24) is 5.32 Å². The Balaban J connectivity index is 1.79. The van der Waals surface area contributed by atoms with Gasteiger partial charge in [-0.3, -0.25) is 0 Å². The van der Waals surface area contributed by atoms with E-state index in [9.17, 15) is 5.11 Å². The van der Waals surface area contributed by atoms with E-state index >= 15 is 0 Å². The van der Waals surface area contributed by atoms with Gasteiger partial charge in [-0.05, 0) is 61.4 Å². The second-order valence-corrected chi connectivity index (χ2v) is 4.82. The van der Waals surface area contributed by atoms with Gasteiger partial charge in [0, 0.05) is 6.04 Å². The van der Waals surface area contributed by atoms with Crippen molar-refractivity contribution in [3.63, 3.8) is 0 Å². The van der Waals surface area contributed by atoms with Crippen LogP contribution in [0.4, 0.5) is 0 Å². The number of hydrogen-bond acceptors (Lipinski definition) is 2. The molecule has 2 nitrogen and oxygen atoms in total. The van der Waals surface area contributed by atoms with Gasteiger partial charge >= 0.3 is 0 Å². The summed E-state index contributed by atoms with van der Waals surface area (Å²) in [6, 6.07) is 6.53. The maximum atomic E-state index is 9.43. The molecule has 80 valence electrons. The van der Waals surface area contributed by atoms with Crippen molar-refractivity contribution in [2.75, 3.05) is 6.54 Å². The Bertz CT molecular complexity index is 369. The zero-order chi connectivity index (χ0) is 10.3. The van der Waals surface area contributed by atoms with E-state index in [4.69, 9.17) is 0 Å². The van der Waals surface area contributed by atoms with Crippen LogP contribution in [0.2, 0.25) is 0 Å². The Kier molecular flexibility index (Phi) is 2.17. The molecule has 1 aromatic carbocycles. The summed E-state index contributed by atoms with van der Waals surface area (Å²) in [5.41, 5.74) is 2.79. The largest absolute Gasteiger partial charge is 0.508 e. The first-order valence-corrected chi connectivity index (χ1v) is 5.87. The minimum atomic E-state index is 0.411. The molecular formula is C13H17NO. The van der Waals surface area contributed by atoms with Crippen molar-refractivity contribution in [1.29, 1.82) is 0 Å². The number of rotatable bonds is 1. The molecule has 2 N–H and O–H groups in total. The molecule has 1 heterocycles. The monoisotopic (exact) mass is 203 g/mol. The SMILES string of the molecule is Oc1ccc2c(c1)CC(C1CCCN1)C2. The number of phenolic OH excluding ortho intramolecular Hbond substituents is 1. The van der Waals surface area contributed by atoms with Crippen LogP contribution >= 0.6 is 0 Å². The molecule has 0 spiro atoms. The highest BCUT2D eigenvalue weighted by Crippen LogP contribution is 2.33. The third-order valence-electron chi connectivity index (χ3n) is 3.82. The smallest absolute Gasteiger partial charge is 0.115 e. The molecule has 2 heteroatoms. The molecule has 15 heavy (non-hydrogen) atoms. The Labute approximate surface area is 90.3 Å². The lowest BCUT2D eigenvalue weighted by Crippen LogP contribution is -2.30. The lowest BCUT2D eigenvalue weighted by atomic mass is 9.95. The fourth-order valence-electron chi connectivity index (χ4n) is 3.04. The number of phenols is 1. The quantitative estimate of drug-likeness (QED) is 0.730. The molecule has 0 saturated carbocycles. The molecule has 2 aliphatic rings. The van der Waals surface area contributed by atoms with Crippen molar-refractivity contribution in [3.05, 3.63) is 29.3 Å². The normalized spacial score (nSPS) is 29.3. The molecule has 1 aromatic rings. The van der Waals surface area contributed by atoms with Crippen LogP contribution in [0.1, 0.15) is 24.0 Å². The van der Waals surface area contributed by atoms with Gasteiger partial charge in [-0.25, -0.2) is 0 Å². The number of hydrogen-bond donors (Lipinski definition) is 2. The molecule has 1 fully saturated rings. The van der Waals surface area contributed by atoms with Gasteiger partial charge in [0.05, 0.1) is 0 Å². The maximum Gasteiger partial charge on any atom is 0.115 e. The van der Waals surface area contributed by atoms with Crippen molar-refractivity contribution < 1.29 is 5.11 Å². The summed E-state index contributed by atoms with van der Waals surface area (Å²) in [5, 5.41) is 13.0. The Morgan fingerprint density at radius 3 is 2.87 bits per heavy atom. The molecule has 1 aliphatic carbocycles. The standard InChI is InChI=1S/C13H17NO/c15-12-4-3-9-6-11(7-10(9)8-12)13-2-1-5-14-13/h3-4,8,11,13-15H,1-2,5-7H2. The minimum absolute atomic E-state index is 0.411. The summed E-state index contributed by atoms with van der Waals surface area (Å²) >= 11 is 0. The maximum absolute atomic E-state index is 9.43. The average molecular weight is 203 g/mol. The average Bonchev–Trinajstić information content (AvgIpc) is 2.84. The summed E-state index contributed by atoms with van der Waals surface area (Å²) < 4.78 is 0. The van der Waals surface area contributed by atoms with Gasteiger partial charge in [-0.15, -0.1) is 0 Å². The van der Waals surface area contributed by atoms with Gasteiger partial charge in [0.2, 0.25) is 0 Å². The lowest BCUT2D eigenvalue weighted by molar-refractivity contribution is 0.405. The highest BCUT2D eigenvalue weighted by Gasteiger charge is 2.30. The highest BCUT2D eigenvalue weighted by molar-refractivity contribution is 5.38. The van der Waals surface area contributed by atoms with Crippen LogP contribution in [0, 0.1) is 5.92 Å². The molecule has 3 rings (SSSR count). The molecule has 1 saturated heterocycles. The third kappa shape index (κ3) is 1.63. The van der Waals surface area contributed by atoms with Crippen LogP contribution in [0.3, 0.4) is 0 Å². The number of fused-ring (bicyclic) bond motifs is 1. The molecule has 0 bridgehead atoms. The van der Waals surface area contributed by atoms with E-state index in [1.807, 2.05) is 12.1 Å². The van der Waals surface area contributed by atoms with E-state index in [2.05, 4.69) is 11.4 Å². The Morgan fingerprint density at radius 1 is 1.20 bits per heavy atom. The fraction of sp³-hybridized carbons (Fsp3) is 0.538. The van der Waals surface area contributed by atoms with E-state index < -0.39 is 0 Å². The van der Waals surface area contributed by atoms with Gasteiger partial charge in [0.15, 0.2) is 0 Å². The van der Waals surface area contributed by atoms with Crippen molar-refractivity contribution >= 4 is 0 Å². The highest BCUT2D eigenvalue weighted by atomic mass is 16.3. The van der Waals surface area contributed by atoms with Crippen LogP contribution in [0.15, 0.2) is 18.2 Å². The lowest BCUT2D eigenvalue weighted by Gasteiger charge is -2.17. The van der Waals surface area contributed by atoms with E-state index in [-0.39, 0.29) is 0 Å². The number of benzene rings is 1. The minimum Gasteiger partial charge on any atom is -0.508 e. The van der Waals surface area contributed by atoms with Crippen LogP contribution in [-0.4, -0.2) is 17.7 Å². The zero-order valence-corrected chi connectivity index (χ0v) is 8.87. The first-order chi connectivity index (χ1) is 7.33. The van der Waals surface area contributed by atoms with E-state index in [0.717, 1.165) is 12.3 Å². The van der Waals surface area contributed by atoms with Gasteiger partial charge < -0.3 is 10.4 Å². The second kappa shape index (κ2) is 3.53. The van der Waals surface area contributed by atoms with Crippen molar-refractivity contribution in [2.45, 2.75) is 31.7 Å². The number of nitrogens with one attached hydrogen (secondary N) is 1. The topological polar surface area (TPSA) is 32.3 Å². The number of aromatic hydroxyl groups is 1. The first kappa shape index (κ1) is 9.22. The molecule has 2 unspecified atom stereocenters. The van der Waals surface area contributed by atoms with Crippen LogP contribution in [0.25, 0.3) is 0 Å². The van der Waals surface area contributed by atoms with E-state index in [0.29, 0.717) is 11.8 Å². The van der Waals surface area contributed by atoms with Gasteiger partial charge in [0.25, 0.3) is 0 Å². The van der Waals surface area contributed by atoms with Crippen LogP contribution in [-0.2, 0) is 12.8 Å². The summed E-state index contributed by atoms with van der Waals surface area (Å²) in [5.74, 6) is 1.16. The van der Waals surface area contributed by atoms with Crippen molar-refractivity contribution in [2.24, 2.45) is 5.92 Å². The van der Waals surface area contributed by atoms with Crippen LogP contribution < -0.4 is 5.32 Å². The predicted molar refractivity (Wildman–Crippen MR) is 60.0 cm³/mol. The summed E-state index contributed by atoms with van der Waals surface area (Å²) in [7, 11) is 0. The van der Waals surface area contributed by atoms with Gasteiger partial charge in [-0.2, -0.15) is 0 Å². The van der Waals surface area contributed by atoms with Crippen molar-refractivity contribution in [3.8, 4) is 5.75 Å². The Morgan fingerprint density at radius 2 is 2.07 bits per heavy atom. The van der Waals surface area contributed by atoms with Gasteiger partial charge in [0.1, 0.15) is 5.75 Å². The Hall–Kier alpha value is -1.02. The molecule has 0 amide bonds. The van der Waals surface area contributed by atoms with Gasteiger partial charge in [-0.1, -0.05) is 6.07 Å². The molecular weight excluding hydrogens is 186 g/mol. The molecule has 1 aliphatic heterocycles. The predicted octanol–water partition coefficient (Wildman–Crippen LogP) is 1.86. The van der Waals surface area contributed by atoms with E-state index in [1.165, 1.54) is 36.9 Å². The summed E-state index contributed by atoms with van der Waals surface area (Å²) in [6.07, 6.45) is 4.97. The molecule has 0 aromatic heterocycles. The van der Waals surface area contributed by atoms with E-state index in [1.54, 1.807) is 0 Å². The molecule has 0 radical (unpaired) electrons. The third-order valence-corrected chi connectivity index (χ3v) is 3.82. The first-order valence-electron chi connectivity index (χ1n) is 5.87. The fourth-order valence-corrected chi connectivity index (χ4v) is 3.04. The van der Waals surface area contributed by atoms with Crippen LogP contribution in [0.5, 0.6) is 5.75 Å². The molecule has 2 atom stereocenters.